The smallest absolute Gasteiger partial charge is 0.310 e. The number of rotatable bonds is 8. The third kappa shape index (κ3) is 5.85. The molecule has 0 saturated heterocycles. The summed E-state index contributed by atoms with van der Waals surface area (Å²) >= 11 is 0. The third-order valence-corrected chi connectivity index (χ3v) is 4.73. The molecule has 0 saturated carbocycles. The number of hydrogen-bond acceptors (Lipinski definition) is 2. The van der Waals surface area contributed by atoms with Crippen LogP contribution in [-0.4, -0.2) is 5.97 Å². The average molecular weight is 314 g/mol. The molecular formula is C21H30O2. The van der Waals surface area contributed by atoms with Gasteiger partial charge in [0.25, 0.3) is 0 Å². The van der Waals surface area contributed by atoms with Gasteiger partial charge in [-0.2, -0.15) is 0 Å². The second kappa shape index (κ2) is 9.54. The van der Waals surface area contributed by atoms with Crippen molar-refractivity contribution in [3.05, 3.63) is 35.9 Å². The predicted octanol–water partition coefficient (Wildman–Crippen LogP) is 6.16. The van der Waals surface area contributed by atoms with Gasteiger partial charge in [-0.15, -0.1) is 0 Å². The Morgan fingerprint density at radius 2 is 1.91 bits per heavy atom. The first-order valence-electron chi connectivity index (χ1n) is 9.23. The van der Waals surface area contributed by atoms with Crippen LogP contribution in [0.15, 0.2) is 30.3 Å². The molecule has 2 rings (SSSR count). The Labute approximate surface area is 140 Å². The molecule has 0 N–H and O–H groups in total. The predicted molar refractivity (Wildman–Crippen MR) is 96.4 cm³/mol. The monoisotopic (exact) mass is 314 g/mol. The van der Waals surface area contributed by atoms with Crippen molar-refractivity contribution in [2.45, 2.75) is 71.6 Å². The number of unbranched alkanes of at least 4 members (excludes halogenated alkanes) is 3. The summed E-state index contributed by atoms with van der Waals surface area (Å²) in [6.45, 7) is 4.08. The van der Waals surface area contributed by atoms with Crippen LogP contribution in [0.1, 0.15) is 77.2 Å². The highest BCUT2D eigenvalue weighted by Crippen LogP contribution is 2.33. The fourth-order valence-electron chi connectivity index (χ4n) is 3.21. The van der Waals surface area contributed by atoms with Gasteiger partial charge in [0.1, 0.15) is 5.75 Å². The molecule has 1 unspecified atom stereocenters. The number of benzene rings is 1. The van der Waals surface area contributed by atoms with Gasteiger partial charge in [-0.05, 0) is 48.4 Å². The Balaban J connectivity index is 1.83. The van der Waals surface area contributed by atoms with Crippen molar-refractivity contribution in [2.24, 2.45) is 5.92 Å². The second-order valence-electron chi connectivity index (χ2n) is 6.57. The maximum Gasteiger partial charge on any atom is 0.310 e. The fraction of sp³-hybridized carbons (Fsp3) is 0.571. The maximum atomic E-state index is 11.3. The molecule has 1 atom stereocenters. The molecule has 2 nitrogen and oxygen atoms in total. The first-order valence-corrected chi connectivity index (χ1v) is 9.23. The van der Waals surface area contributed by atoms with Crippen molar-refractivity contribution >= 4 is 11.5 Å². The maximum absolute atomic E-state index is 11.3. The van der Waals surface area contributed by atoms with E-state index in [4.69, 9.17) is 4.74 Å². The number of esters is 1. The number of allylic oxidation sites excluding steroid dienone is 2. The van der Waals surface area contributed by atoms with Crippen LogP contribution >= 0.6 is 0 Å². The van der Waals surface area contributed by atoms with Gasteiger partial charge in [-0.25, -0.2) is 0 Å². The zero-order valence-corrected chi connectivity index (χ0v) is 14.6. The minimum atomic E-state index is -0.180. The van der Waals surface area contributed by atoms with Gasteiger partial charge in [-0.3, -0.25) is 4.79 Å². The fourth-order valence-corrected chi connectivity index (χ4v) is 3.21. The van der Waals surface area contributed by atoms with Crippen molar-refractivity contribution in [1.82, 2.24) is 0 Å². The van der Waals surface area contributed by atoms with E-state index in [-0.39, 0.29) is 5.97 Å². The van der Waals surface area contributed by atoms with E-state index in [1.54, 1.807) is 0 Å². The summed E-state index contributed by atoms with van der Waals surface area (Å²) in [6, 6.07) is 7.96. The van der Waals surface area contributed by atoms with Gasteiger partial charge in [0.05, 0.1) is 0 Å². The van der Waals surface area contributed by atoms with Gasteiger partial charge in [0.2, 0.25) is 0 Å². The standard InChI is InChI=1S/C21H30O2/c1-3-5-6-7-8-17-9-11-18(12-10-17)19-13-15-20(16-14-19)23-21(22)4-2/h11,13-17H,3-10,12H2,1-2H3. The molecule has 0 amide bonds. The average Bonchev–Trinajstić information content (AvgIpc) is 2.60. The molecule has 0 spiro atoms. The van der Waals surface area contributed by atoms with Crippen LogP contribution in [0.2, 0.25) is 0 Å². The first kappa shape index (κ1) is 17.8. The molecule has 23 heavy (non-hydrogen) atoms. The van der Waals surface area contributed by atoms with Crippen molar-refractivity contribution in [1.29, 1.82) is 0 Å². The molecule has 0 bridgehead atoms. The molecular weight excluding hydrogens is 284 g/mol. The normalized spacial score (nSPS) is 17.7. The summed E-state index contributed by atoms with van der Waals surface area (Å²) in [7, 11) is 0. The van der Waals surface area contributed by atoms with Gasteiger partial charge in [0, 0.05) is 6.42 Å². The Morgan fingerprint density at radius 3 is 2.52 bits per heavy atom. The highest BCUT2D eigenvalue weighted by Gasteiger charge is 2.15. The van der Waals surface area contributed by atoms with Gasteiger partial charge in [0.15, 0.2) is 0 Å². The molecule has 1 aromatic rings. The van der Waals surface area contributed by atoms with E-state index in [2.05, 4.69) is 25.1 Å². The van der Waals surface area contributed by atoms with Gasteiger partial charge < -0.3 is 4.74 Å². The molecule has 0 aliphatic heterocycles. The highest BCUT2D eigenvalue weighted by atomic mass is 16.5. The summed E-state index contributed by atoms with van der Waals surface area (Å²) in [5.41, 5.74) is 2.72. The number of hydrogen-bond donors (Lipinski definition) is 0. The zero-order valence-electron chi connectivity index (χ0n) is 14.6. The SMILES string of the molecule is CCCCCCC1CC=C(c2ccc(OC(=O)CC)cc2)CC1. The van der Waals surface area contributed by atoms with E-state index < -0.39 is 0 Å². The molecule has 1 aromatic carbocycles. The summed E-state index contributed by atoms with van der Waals surface area (Å²) in [4.78, 5) is 11.3. The lowest BCUT2D eigenvalue weighted by Crippen LogP contribution is -2.06. The first-order chi connectivity index (χ1) is 11.2. The lowest BCUT2D eigenvalue weighted by Gasteiger charge is -2.22. The Hall–Kier alpha value is -1.57. The van der Waals surface area contributed by atoms with Crippen molar-refractivity contribution < 1.29 is 9.53 Å². The summed E-state index contributed by atoms with van der Waals surface area (Å²) < 4.78 is 5.23. The van der Waals surface area contributed by atoms with Crippen LogP contribution in [0.5, 0.6) is 5.75 Å². The van der Waals surface area contributed by atoms with Gasteiger partial charge in [-0.1, -0.05) is 64.2 Å². The van der Waals surface area contributed by atoms with Crippen LogP contribution in [-0.2, 0) is 4.79 Å². The quantitative estimate of drug-likeness (QED) is 0.326. The largest absolute Gasteiger partial charge is 0.427 e. The minimum Gasteiger partial charge on any atom is -0.427 e. The van der Waals surface area contributed by atoms with Crippen LogP contribution in [0, 0.1) is 5.92 Å². The van der Waals surface area contributed by atoms with E-state index in [9.17, 15) is 4.79 Å². The van der Waals surface area contributed by atoms with Crippen molar-refractivity contribution in [2.75, 3.05) is 0 Å². The molecule has 0 radical (unpaired) electrons. The van der Waals surface area contributed by atoms with Crippen LogP contribution in [0.3, 0.4) is 0 Å². The lowest BCUT2D eigenvalue weighted by molar-refractivity contribution is -0.134. The van der Waals surface area contributed by atoms with E-state index in [1.807, 2.05) is 19.1 Å². The summed E-state index contributed by atoms with van der Waals surface area (Å²) in [6.07, 6.45) is 13.4. The number of carbonyl (C=O) groups excluding carboxylic acids is 1. The van der Waals surface area contributed by atoms with Crippen molar-refractivity contribution in [3.8, 4) is 5.75 Å². The molecule has 126 valence electrons. The Kier molecular flexibility index (Phi) is 7.38. The molecule has 0 heterocycles. The zero-order chi connectivity index (χ0) is 16.5. The molecule has 1 aliphatic rings. The van der Waals surface area contributed by atoms with Crippen LogP contribution in [0.25, 0.3) is 5.57 Å². The van der Waals surface area contributed by atoms with Crippen LogP contribution < -0.4 is 4.74 Å². The van der Waals surface area contributed by atoms with Gasteiger partial charge >= 0.3 is 5.97 Å². The Bertz CT molecular complexity index is 513. The Morgan fingerprint density at radius 1 is 1.13 bits per heavy atom. The summed E-state index contributed by atoms with van der Waals surface area (Å²) in [5, 5.41) is 0. The lowest BCUT2D eigenvalue weighted by atomic mass is 9.84. The van der Waals surface area contributed by atoms with E-state index >= 15 is 0 Å². The highest BCUT2D eigenvalue weighted by molar-refractivity contribution is 5.72. The molecule has 0 aromatic heterocycles. The number of ether oxygens (including phenoxy) is 1. The van der Waals surface area contributed by atoms with E-state index in [1.165, 1.54) is 62.5 Å². The number of carbonyl (C=O) groups is 1. The third-order valence-electron chi connectivity index (χ3n) is 4.73. The topological polar surface area (TPSA) is 26.3 Å². The van der Waals surface area contributed by atoms with Crippen molar-refractivity contribution in [3.63, 3.8) is 0 Å². The van der Waals surface area contributed by atoms with Crippen LogP contribution in [0.4, 0.5) is 0 Å². The minimum absolute atomic E-state index is 0.180. The molecule has 2 heteroatoms. The van der Waals surface area contributed by atoms with E-state index in [0.717, 1.165) is 5.92 Å². The van der Waals surface area contributed by atoms with E-state index in [0.29, 0.717) is 12.2 Å². The second-order valence-corrected chi connectivity index (χ2v) is 6.57. The molecule has 1 aliphatic carbocycles. The summed E-state index contributed by atoms with van der Waals surface area (Å²) in [5.74, 6) is 1.34. The molecule has 0 fully saturated rings.